The van der Waals surface area contributed by atoms with E-state index in [1.807, 2.05) is 30.0 Å². The Morgan fingerprint density at radius 1 is 1.13 bits per heavy atom. The molecule has 2 aromatic rings. The quantitative estimate of drug-likeness (QED) is 0.744. The van der Waals surface area contributed by atoms with Gasteiger partial charge in [0.2, 0.25) is 10.0 Å². The van der Waals surface area contributed by atoms with Gasteiger partial charge in [-0.15, -0.1) is 0 Å². The smallest absolute Gasteiger partial charge is 0.254 e. The van der Waals surface area contributed by atoms with Crippen LogP contribution in [-0.2, 0) is 16.6 Å². The summed E-state index contributed by atoms with van der Waals surface area (Å²) in [5, 5.41) is 0. The number of carbonyl (C=O) groups is 1. The zero-order valence-corrected chi connectivity index (χ0v) is 18.7. The van der Waals surface area contributed by atoms with Crippen molar-refractivity contribution in [2.24, 2.45) is 0 Å². The number of benzene rings is 1. The van der Waals surface area contributed by atoms with E-state index in [2.05, 4.69) is 14.6 Å². The third-order valence-electron chi connectivity index (χ3n) is 6.15. The maximum Gasteiger partial charge on any atom is 0.254 e. The van der Waals surface area contributed by atoms with Crippen molar-refractivity contribution in [3.8, 4) is 0 Å². The molecule has 8 heteroatoms. The van der Waals surface area contributed by atoms with Crippen LogP contribution in [0.15, 0.2) is 53.6 Å². The molecule has 31 heavy (non-hydrogen) atoms. The first-order valence-electron chi connectivity index (χ1n) is 11.0. The second kappa shape index (κ2) is 9.46. The zero-order valence-electron chi connectivity index (χ0n) is 17.9. The number of hydrogen-bond donors (Lipinski definition) is 1. The molecule has 1 aliphatic heterocycles. The van der Waals surface area contributed by atoms with Crippen LogP contribution < -0.4 is 4.72 Å². The van der Waals surface area contributed by atoms with Crippen molar-refractivity contribution in [3.05, 3.63) is 59.9 Å². The molecule has 1 amide bonds. The van der Waals surface area contributed by atoms with E-state index in [9.17, 15) is 13.2 Å². The van der Waals surface area contributed by atoms with E-state index < -0.39 is 10.0 Å². The fourth-order valence-corrected chi connectivity index (χ4v) is 5.84. The van der Waals surface area contributed by atoms with Crippen LogP contribution >= 0.6 is 0 Å². The molecular formula is C23H30N4O3S. The Balaban J connectivity index is 1.42. The van der Waals surface area contributed by atoms with Crippen LogP contribution in [0.25, 0.3) is 0 Å². The molecule has 166 valence electrons. The second-order valence-corrected chi connectivity index (χ2v) is 10.2. The first kappa shape index (κ1) is 21.9. The minimum Gasteiger partial charge on any atom is -0.333 e. The summed E-state index contributed by atoms with van der Waals surface area (Å²) in [5.74, 6) is -0.122. The number of sulfonamides is 1. The van der Waals surface area contributed by atoms with E-state index in [-0.39, 0.29) is 22.9 Å². The molecule has 0 spiro atoms. The topological polar surface area (TPSA) is 82.6 Å². The number of rotatable bonds is 6. The molecule has 7 nitrogen and oxygen atoms in total. The molecule has 0 radical (unpaired) electrons. The van der Waals surface area contributed by atoms with Gasteiger partial charge >= 0.3 is 0 Å². The van der Waals surface area contributed by atoms with Crippen LogP contribution in [0.2, 0.25) is 0 Å². The van der Waals surface area contributed by atoms with E-state index in [1.165, 1.54) is 6.07 Å². The lowest BCUT2D eigenvalue weighted by Gasteiger charge is -2.39. The molecule has 2 heterocycles. The lowest BCUT2D eigenvalue weighted by atomic mass is 10.1. The number of carbonyl (C=O) groups excluding carboxylic acids is 1. The van der Waals surface area contributed by atoms with Gasteiger partial charge in [0.15, 0.2) is 0 Å². The van der Waals surface area contributed by atoms with Crippen molar-refractivity contribution in [1.82, 2.24) is 19.5 Å². The van der Waals surface area contributed by atoms with Gasteiger partial charge in [0.1, 0.15) is 0 Å². The third kappa shape index (κ3) is 5.31. The molecule has 0 bridgehead atoms. The predicted octanol–water partition coefficient (Wildman–Crippen LogP) is 2.65. The molecule has 1 atom stereocenters. The Kier molecular flexibility index (Phi) is 6.69. The Morgan fingerprint density at radius 2 is 1.94 bits per heavy atom. The molecule has 1 aromatic carbocycles. The first-order chi connectivity index (χ1) is 14.9. The highest BCUT2D eigenvalue weighted by Crippen LogP contribution is 2.22. The van der Waals surface area contributed by atoms with E-state index in [0.717, 1.165) is 51.0 Å². The molecule has 1 aliphatic carbocycles. The molecule has 1 unspecified atom stereocenters. The van der Waals surface area contributed by atoms with Crippen molar-refractivity contribution < 1.29 is 13.2 Å². The van der Waals surface area contributed by atoms with Crippen molar-refractivity contribution in [1.29, 1.82) is 0 Å². The number of nitrogens with zero attached hydrogens (tertiary/aromatic N) is 3. The van der Waals surface area contributed by atoms with E-state index in [0.29, 0.717) is 12.1 Å². The summed E-state index contributed by atoms with van der Waals surface area (Å²) < 4.78 is 28.3. The second-order valence-electron chi connectivity index (χ2n) is 8.53. The Bertz CT molecular complexity index is 1010. The molecule has 1 saturated heterocycles. The largest absolute Gasteiger partial charge is 0.333 e. The van der Waals surface area contributed by atoms with Gasteiger partial charge in [-0.3, -0.25) is 14.7 Å². The monoisotopic (exact) mass is 442 g/mol. The van der Waals surface area contributed by atoms with Gasteiger partial charge in [0.25, 0.3) is 5.91 Å². The van der Waals surface area contributed by atoms with Crippen LogP contribution in [0, 0.1) is 0 Å². The van der Waals surface area contributed by atoms with Crippen molar-refractivity contribution >= 4 is 15.9 Å². The summed E-state index contributed by atoms with van der Waals surface area (Å²) in [6.45, 7) is 4.90. The summed E-state index contributed by atoms with van der Waals surface area (Å²) >= 11 is 0. The summed E-state index contributed by atoms with van der Waals surface area (Å²) in [6.07, 6.45) is 5.64. The fourth-order valence-electron chi connectivity index (χ4n) is 4.49. The maximum absolute atomic E-state index is 13.2. The number of pyridine rings is 1. The number of hydrogen-bond acceptors (Lipinski definition) is 5. The number of amides is 1. The van der Waals surface area contributed by atoms with Gasteiger partial charge in [-0.05, 0) is 50.1 Å². The Morgan fingerprint density at radius 3 is 2.65 bits per heavy atom. The van der Waals surface area contributed by atoms with E-state index >= 15 is 0 Å². The van der Waals surface area contributed by atoms with Crippen molar-refractivity contribution in [3.63, 3.8) is 0 Å². The fraction of sp³-hybridized carbons (Fsp3) is 0.478. The molecule has 1 saturated carbocycles. The number of piperazine rings is 1. The zero-order chi connectivity index (χ0) is 21.8. The van der Waals surface area contributed by atoms with Crippen LogP contribution in [0.5, 0.6) is 0 Å². The van der Waals surface area contributed by atoms with Gasteiger partial charge < -0.3 is 4.90 Å². The molecule has 1 N–H and O–H groups in total. The number of aromatic nitrogens is 1. The lowest BCUT2D eigenvalue weighted by molar-refractivity contribution is 0.0473. The minimum atomic E-state index is -3.62. The van der Waals surface area contributed by atoms with Gasteiger partial charge in [0, 0.05) is 50.0 Å². The first-order valence-corrected chi connectivity index (χ1v) is 12.5. The van der Waals surface area contributed by atoms with Crippen molar-refractivity contribution in [2.45, 2.75) is 56.1 Å². The average Bonchev–Trinajstić information content (AvgIpc) is 3.27. The minimum absolute atomic E-state index is 0.00318. The molecule has 4 rings (SSSR count). The summed E-state index contributed by atoms with van der Waals surface area (Å²) in [7, 11) is -3.62. The summed E-state index contributed by atoms with van der Waals surface area (Å²) in [5.41, 5.74) is 1.43. The highest BCUT2D eigenvalue weighted by Gasteiger charge is 2.29. The molecule has 2 fully saturated rings. The average molecular weight is 443 g/mol. The van der Waals surface area contributed by atoms with Crippen LogP contribution in [-0.4, -0.2) is 60.8 Å². The van der Waals surface area contributed by atoms with E-state index in [4.69, 9.17) is 0 Å². The van der Waals surface area contributed by atoms with Crippen LogP contribution in [0.1, 0.15) is 48.7 Å². The van der Waals surface area contributed by atoms with Gasteiger partial charge in [-0.2, -0.15) is 0 Å². The standard InChI is InChI=1S/C23H30N4O3S/c1-18-16-26(17-21-10-4-5-12-24-21)13-14-27(18)23(28)19-7-6-11-22(15-19)31(29,30)25-20-8-2-3-9-20/h4-7,10-12,15,18,20,25H,2-3,8-9,13-14,16-17H2,1H3. The van der Waals surface area contributed by atoms with Crippen LogP contribution in [0.4, 0.5) is 0 Å². The van der Waals surface area contributed by atoms with Gasteiger partial charge in [0.05, 0.1) is 10.6 Å². The Hall–Kier alpha value is -2.29. The predicted molar refractivity (Wildman–Crippen MR) is 119 cm³/mol. The van der Waals surface area contributed by atoms with Gasteiger partial charge in [-0.1, -0.05) is 25.0 Å². The molecule has 1 aromatic heterocycles. The third-order valence-corrected chi connectivity index (χ3v) is 7.67. The summed E-state index contributed by atoms with van der Waals surface area (Å²) in [6, 6.07) is 12.3. The summed E-state index contributed by atoms with van der Waals surface area (Å²) in [4.78, 5) is 21.9. The number of nitrogens with one attached hydrogen (secondary N) is 1. The Labute approximate surface area is 184 Å². The molecular weight excluding hydrogens is 412 g/mol. The SMILES string of the molecule is CC1CN(Cc2ccccn2)CCN1C(=O)c1cccc(S(=O)(=O)NC2CCCC2)c1. The lowest BCUT2D eigenvalue weighted by Crippen LogP contribution is -2.53. The maximum atomic E-state index is 13.2. The van der Waals surface area contributed by atoms with Crippen LogP contribution in [0.3, 0.4) is 0 Å². The van der Waals surface area contributed by atoms with E-state index in [1.54, 1.807) is 24.4 Å². The molecule has 2 aliphatic rings. The highest BCUT2D eigenvalue weighted by molar-refractivity contribution is 7.89. The van der Waals surface area contributed by atoms with Crippen molar-refractivity contribution in [2.75, 3.05) is 19.6 Å². The van der Waals surface area contributed by atoms with Gasteiger partial charge in [-0.25, -0.2) is 13.1 Å². The highest BCUT2D eigenvalue weighted by atomic mass is 32.2. The normalized spacial score (nSPS) is 20.8.